The van der Waals surface area contributed by atoms with Crippen LogP contribution < -0.4 is 5.32 Å². The minimum absolute atomic E-state index is 0.417. The van der Waals surface area contributed by atoms with Crippen molar-refractivity contribution >= 4 is 5.78 Å². The summed E-state index contributed by atoms with van der Waals surface area (Å²) in [5.74, 6) is 1.18. The summed E-state index contributed by atoms with van der Waals surface area (Å²) in [6, 6.07) is 0. The summed E-state index contributed by atoms with van der Waals surface area (Å²) in [5, 5.41) is 3.37. The van der Waals surface area contributed by atoms with E-state index in [9.17, 15) is 4.79 Å². The van der Waals surface area contributed by atoms with Crippen LogP contribution in [0.5, 0.6) is 0 Å². The van der Waals surface area contributed by atoms with E-state index >= 15 is 0 Å². The van der Waals surface area contributed by atoms with Crippen molar-refractivity contribution < 1.29 is 4.79 Å². The van der Waals surface area contributed by atoms with E-state index in [0.717, 1.165) is 31.8 Å². The van der Waals surface area contributed by atoms with E-state index < -0.39 is 0 Å². The fourth-order valence-corrected chi connectivity index (χ4v) is 1.71. The molecule has 0 aliphatic carbocycles. The first-order valence-electron chi connectivity index (χ1n) is 5.05. The molecular formula is C10H19NO. The summed E-state index contributed by atoms with van der Waals surface area (Å²) >= 11 is 0. The molecule has 1 aliphatic rings. The molecule has 1 fully saturated rings. The SMILES string of the molecule is CCC(=O)CCC1CCCNC1. The van der Waals surface area contributed by atoms with Crippen LogP contribution in [0.25, 0.3) is 0 Å². The Bertz CT molecular complexity index is 139. The van der Waals surface area contributed by atoms with E-state index in [2.05, 4.69) is 5.32 Å². The maximum atomic E-state index is 11.0. The Labute approximate surface area is 74.7 Å². The van der Waals surface area contributed by atoms with Crippen LogP contribution in [0.2, 0.25) is 0 Å². The molecule has 1 unspecified atom stereocenters. The predicted molar refractivity (Wildman–Crippen MR) is 50.1 cm³/mol. The Morgan fingerprint density at radius 1 is 1.58 bits per heavy atom. The van der Waals surface area contributed by atoms with Crippen LogP contribution in [0.15, 0.2) is 0 Å². The summed E-state index contributed by atoms with van der Waals surface area (Å²) in [4.78, 5) is 11.0. The molecule has 1 N–H and O–H groups in total. The van der Waals surface area contributed by atoms with Crippen molar-refractivity contribution in [3.63, 3.8) is 0 Å². The lowest BCUT2D eigenvalue weighted by Gasteiger charge is -2.22. The highest BCUT2D eigenvalue weighted by atomic mass is 16.1. The molecule has 0 bridgehead atoms. The Morgan fingerprint density at radius 3 is 3.00 bits per heavy atom. The first kappa shape index (κ1) is 9.72. The molecule has 12 heavy (non-hydrogen) atoms. The minimum atomic E-state index is 0.417. The molecule has 0 aromatic carbocycles. The van der Waals surface area contributed by atoms with E-state index in [-0.39, 0.29) is 0 Å². The van der Waals surface area contributed by atoms with E-state index in [4.69, 9.17) is 0 Å². The quantitative estimate of drug-likeness (QED) is 0.694. The van der Waals surface area contributed by atoms with Gasteiger partial charge in [0.15, 0.2) is 0 Å². The standard InChI is InChI=1S/C10H19NO/c1-2-10(12)6-5-9-4-3-7-11-8-9/h9,11H,2-8H2,1H3. The molecule has 1 heterocycles. The summed E-state index contributed by atoms with van der Waals surface area (Å²) in [5.41, 5.74) is 0. The van der Waals surface area contributed by atoms with Crippen LogP contribution in [-0.2, 0) is 4.79 Å². The largest absolute Gasteiger partial charge is 0.316 e. The van der Waals surface area contributed by atoms with E-state index in [0.29, 0.717) is 12.2 Å². The van der Waals surface area contributed by atoms with Gasteiger partial charge >= 0.3 is 0 Å². The zero-order valence-electron chi connectivity index (χ0n) is 7.94. The summed E-state index contributed by atoms with van der Waals surface area (Å²) < 4.78 is 0. The topological polar surface area (TPSA) is 29.1 Å². The van der Waals surface area contributed by atoms with Crippen molar-refractivity contribution in [2.24, 2.45) is 5.92 Å². The van der Waals surface area contributed by atoms with Gasteiger partial charge < -0.3 is 5.32 Å². The van der Waals surface area contributed by atoms with E-state index in [1.54, 1.807) is 0 Å². The van der Waals surface area contributed by atoms with Crippen LogP contribution in [0, 0.1) is 5.92 Å². The molecule has 0 radical (unpaired) electrons. The van der Waals surface area contributed by atoms with E-state index in [1.807, 2.05) is 6.92 Å². The molecule has 1 saturated heterocycles. The third-order valence-corrected chi connectivity index (χ3v) is 2.62. The Hall–Kier alpha value is -0.370. The number of ketones is 1. The second kappa shape index (κ2) is 5.31. The van der Waals surface area contributed by atoms with Crippen LogP contribution in [0.3, 0.4) is 0 Å². The molecule has 0 saturated carbocycles. The number of carbonyl (C=O) groups excluding carboxylic acids is 1. The smallest absolute Gasteiger partial charge is 0.132 e. The normalized spacial score (nSPS) is 23.9. The Balaban J connectivity index is 2.09. The Kier molecular flexibility index (Phi) is 4.30. The van der Waals surface area contributed by atoms with Crippen LogP contribution in [0.4, 0.5) is 0 Å². The summed E-state index contributed by atoms with van der Waals surface area (Å²) in [6.07, 6.45) is 5.19. The molecule has 0 aromatic rings. The monoisotopic (exact) mass is 169 g/mol. The van der Waals surface area contributed by atoms with Gasteiger partial charge in [0.2, 0.25) is 0 Å². The van der Waals surface area contributed by atoms with Crippen LogP contribution in [-0.4, -0.2) is 18.9 Å². The van der Waals surface area contributed by atoms with Crippen molar-refractivity contribution in [3.8, 4) is 0 Å². The van der Waals surface area contributed by atoms with Crippen LogP contribution >= 0.6 is 0 Å². The molecule has 0 spiro atoms. The minimum Gasteiger partial charge on any atom is -0.316 e. The number of hydrogen-bond donors (Lipinski definition) is 1. The molecule has 1 aliphatic heterocycles. The van der Waals surface area contributed by atoms with Gasteiger partial charge in [-0.15, -0.1) is 0 Å². The fraction of sp³-hybridized carbons (Fsp3) is 0.900. The van der Waals surface area contributed by atoms with Gasteiger partial charge in [-0.05, 0) is 38.3 Å². The van der Waals surface area contributed by atoms with Gasteiger partial charge in [-0.2, -0.15) is 0 Å². The molecule has 1 atom stereocenters. The zero-order valence-corrected chi connectivity index (χ0v) is 7.94. The third kappa shape index (κ3) is 3.35. The van der Waals surface area contributed by atoms with Gasteiger partial charge in [0.25, 0.3) is 0 Å². The maximum absolute atomic E-state index is 11.0. The van der Waals surface area contributed by atoms with Gasteiger partial charge in [0.1, 0.15) is 5.78 Å². The average molecular weight is 169 g/mol. The van der Waals surface area contributed by atoms with Crippen molar-refractivity contribution in [2.45, 2.75) is 39.0 Å². The van der Waals surface area contributed by atoms with Gasteiger partial charge in [0, 0.05) is 12.8 Å². The number of carbonyl (C=O) groups is 1. The first-order chi connectivity index (χ1) is 5.83. The molecule has 2 nitrogen and oxygen atoms in total. The number of rotatable bonds is 4. The lowest BCUT2D eigenvalue weighted by atomic mass is 9.93. The molecule has 1 rings (SSSR count). The highest BCUT2D eigenvalue weighted by Gasteiger charge is 2.13. The lowest BCUT2D eigenvalue weighted by molar-refractivity contribution is -0.119. The van der Waals surface area contributed by atoms with Gasteiger partial charge in [-0.1, -0.05) is 6.92 Å². The van der Waals surface area contributed by atoms with Gasteiger partial charge in [-0.25, -0.2) is 0 Å². The molecule has 0 aromatic heterocycles. The van der Waals surface area contributed by atoms with Crippen molar-refractivity contribution in [1.82, 2.24) is 5.32 Å². The molecule has 70 valence electrons. The number of Topliss-reactive ketones (excluding diaryl/α,β-unsaturated/α-hetero) is 1. The molecule has 0 amide bonds. The van der Waals surface area contributed by atoms with E-state index in [1.165, 1.54) is 12.8 Å². The lowest BCUT2D eigenvalue weighted by Crippen LogP contribution is -2.29. The number of nitrogens with one attached hydrogen (secondary N) is 1. The fourth-order valence-electron chi connectivity index (χ4n) is 1.71. The van der Waals surface area contributed by atoms with Crippen LogP contribution in [0.1, 0.15) is 39.0 Å². The highest BCUT2D eigenvalue weighted by Crippen LogP contribution is 2.16. The second-order valence-electron chi connectivity index (χ2n) is 3.64. The number of piperidine rings is 1. The second-order valence-corrected chi connectivity index (χ2v) is 3.64. The van der Waals surface area contributed by atoms with Crippen molar-refractivity contribution in [2.75, 3.05) is 13.1 Å². The molecular weight excluding hydrogens is 150 g/mol. The Morgan fingerprint density at radius 2 is 2.42 bits per heavy atom. The third-order valence-electron chi connectivity index (χ3n) is 2.62. The maximum Gasteiger partial charge on any atom is 0.132 e. The first-order valence-corrected chi connectivity index (χ1v) is 5.05. The molecule has 2 heteroatoms. The summed E-state index contributed by atoms with van der Waals surface area (Å²) in [6.45, 7) is 4.23. The number of hydrogen-bond acceptors (Lipinski definition) is 2. The van der Waals surface area contributed by atoms with Gasteiger partial charge in [-0.3, -0.25) is 4.79 Å². The van der Waals surface area contributed by atoms with Crippen molar-refractivity contribution in [3.05, 3.63) is 0 Å². The highest BCUT2D eigenvalue weighted by molar-refractivity contribution is 5.77. The predicted octanol–water partition coefficient (Wildman–Crippen LogP) is 1.75. The van der Waals surface area contributed by atoms with Gasteiger partial charge in [0.05, 0.1) is 0 Å². The average Bonchev–Trinajstić information content (AvgIpc) is 2.16. The summed E-state index contributed by atoms with van der Waals surface area (Å²) in [7, 11) is 0. The van der Waals surface area contributed by atoms with Crippen molar-refractivity contribution in [1.29, 1.82) is 0 Å². The zero-order chi connectivity index (χ0) is 8.81.